The monoisotopic (exact) mass is 460 g/mol. The van der Waals surface area contributed by atoms with E-state index >= 15 is 0 Å². The Morgan fingerprint density at radius 3 is 2.34 bits per heavy atom. The fourth-order valence-corrected chi connectivity index (χ4v) is 5.67. The van der Waals surface area contributed by atoms with Crippen LogP contribution in [0.5, 0.6) is 0 Å². The van der Waals surface area contributed by atoms with Crippen molar-refractivity contribution in [2.24, 2.45) is 5.92 Å². The van der Waals surface area contributed by atoms with Gasteiger partial charge in [-0.3, -0.25) is 4.79 Å². The number of hydrogen-bond acceptors (Lipinski definition) is 3. The zero-order valence-corrected chi connectivity index (χ0v) is 19.9. The molecule has 6 nitrogen and oxygen atoms in total. The van der Waals surface area contributed by atoms with Crippen LogP contribution in [0.3, 0.4) is 0 Å². The summed E-state index contributed by atoms with van der Waals surface area (Å²) in [5.74, 6) is 0.495. The number of piperazine rings is 1. The standard InChI is InChI=1S/C25H37ClN4O2/c26-22-8-10-24(11-9-22)27-15-17-28(18-16-27)25(32)29-13-4-5-21(19-29)12-14-30(20-31)23-6-2-1-3-7-23/h8-11,20-21,23H,1-7,12-19H2. The van der Waals surface area contributed by atoms with Gasteiger partial charge in [0.1, 0.15) is 0 Å². The number of halogens is 1. The lowest BCUT2D eigenvalue weighted by Crippen LogP contribution is -2.54. The van der Waals surface area contributed by atoms with Crippen LogP contribution in [0.25, 0.3) is 0 Å². The Hall–Kier alpha value is -1.95. The van der Waals surface area contributed by atoms with E-state index < -0.39 is 0 Å². The zero-order valence-electron chi connectivity index (χ0n) is 19.1. The van der Waals surface area contributed by atoms with Gasteiger partial charge in [0.15, 0.2) is 0 Å². The van der Waals surface area contributed by atoms with Crippen LogP contribution in [0.1, 0.15) is 51.4 Å². The van der Waals surface area contributed by atoms with Crippen molar-refractivity contribution in [3.05, 3.63) is 29.3 Å². The van der Waals surface area contributed by atoms with Gasteiger partial charge in [-0.2, -0.15) is 0 Å². The van der Waals surface area contributed by atoms with Crippen molar-refractivity contribution in [3.63, 3.8) is 0 Å². The highest BCUT2D eigenvalue weighted by Gasteiger charge is 2.30. The predicted molar refractivity (Wildman–Crippen MR) is 129 cm³/mol. The summed E-state index contributed by atoms with van der Waals surface area (Å²) in [5, 5.41) is 0.747. The first-order valence-corrected chi connectivity index (χ1v) is 12.8. The molecular weight excluding hydrogens is 424 g/mol. The summed E-state index contributed by atoms with van der Waals surface area (Å²) in [5.41, 5.74) is 1.16. The molecule has 0 aromatic heterocycles. The van der Waals surface area contributed by atoms with Crippen molar-refractivity contribution in [1.29, 1.82) is 0 Å². The number of likely N-dealkylation sites (tertiary alicyclic amines) is 1. The number of piperidine rings is 1. The summed E-state index contributed by atoms with van der Waals surface area (Å²) < 4.78 is 0. The van der Waals surface area contributed by atoms with E-state index in [9.17, 15) is 9.59 Å². The van der Waals surface area contributed by atoms with Crippen LogP contribution < -0.4 is 4.90 Å². The first-order chi connectivity index (χ1) is 15.6. The quantitative estimate of drug-likeness (QED) is 0.588. The van der Waals surface area contributed by atoms with Gasteiger partial charge in [-0.25, -0.2) is 4.79 Å². The number of benzene rings is 1. The number of amides is 3. The fourth-order valence-electron chi connectivity index (χ4n) is 5.55. The van der Waals surface area contributed by atoms with E-state index in [0.717, 1.165) is 95.0 Å². The summed E-state index contributed by atoms with van der Waals surface area (Å²) in [6, 6.07) is 8.55. The summed E-state index contributed by atoms with van der Waals surface area (Å²) >= 11 is 6.00. The molecule has 2 saturated heterocycles. The molecule has 3 aliphatic rings. The van der Waals surface area contributed by atoms with Crippen LogP contribution in [-0.4, -0.2) is 79.0 Å². The number of rotatable bonds is 6. The summed E-state index contributed by atoms with van der Waals surface area (Å²) in [6.07, 6.45) is 10.4. The fraction of sp³-hybridized carbons (Fsp3) is 0.680. The lowest BCUT2D eigenvalue weighted by Gasteiger charge is -2.41. The SMILES string of the molecule is O=CN(CCC1CCCN(C(=O)N2CCN(c3ccc(Cl)cc3)CC2)C1)C1CCCCC1. The molecule has 1 atom stereocenters. The summed E-state index contributed by atoms with van der Waals surface area (Å²) in [6.45, 7) is 5.72. The van der Waals surface area contributed by atoms with E-state index in [1.54, 1.807) is 0 Å². The third kappa shape index (κ3) is 5.89. The van der Waals surface area contributed by atoms with E-state index in [1.807, 2.05) is 34.1 Å². The van der Waals surface area contributed by atoms with Crippen LogP contribution in [0.2, 0.25) is 5.02 Å². The molecule has 2 heterocycles. The third-order valence-corrected chi connectivity index (χ3v) is 7.76. The summed E-state index contributed by atoms with van der Waals surface area (Å²) in [4.78, 5) is 33.2. The van der Waals surface area contributed by atoms with E-state index in [4.69, 9.17) is 11.6 Å². The highest BCUT2D eigenvalue weighted by molar-refractivity contribution is 6.30. The summed E-state index contributed by atoms with van der Waals surface area (Å²) in [7, 11) is 0. The second-order valence-corrected chi connectivity index (χ2v) is 10.0. The molecule has 2 aliphatic heterocycles. The van der Waals surface area contributed by atoms with Gasteiger partial charge in [0, 0.05) is 62.6 Å². The van der Waals surface area contributed by atoms with Crippen LogP contribution in [-0.2, 0) is 4.79 Å². The molecule has 1 aromatic carbocycles. The maximum atomic E-state index is 13.2. The lowest BCUT2D eigenvalue weighted by molar-refractivity contribution is -0.121. The van der Waals surface area contributed by atoms with Crippen molar-refractivity contribution >= 4 is 29.7 Å². The Morgan fingerprint density at radius 2 is 1.66 bits per heavy atom. The smallest absolute Gasteiger partial charge is 0.320 e. The van der Waals surface area contributed by atoms with E-state index in [-0.39, 0.29) is 6.03 Å². The Kier molecular flexibility index (Phi) is 8.17. The van der Waals surface area contributed by atoms with Gasteiger partial charge in [-0.15, -0.1) is 0 Å². The Labute approximate surface area is 197 Å². The second-order valence-electron chi connectivity index (χ2n) is 9.61. The molecule has 0 spiro atoms. The first kappa shape index (κ1) is 23.2. The number of urea groups is 1. The number of carbonyl (C=O) groups is 2. The molecule has 32 heavy (non-hydrogen) atoms. The van der Waals surface area contributed by atoms with E-state index in [1.165, 1.54) is 19.3 Å². The lowest BCUT2D eigenvalue weighted by atomic mass is 9.92. The average Bonchev–Trinajstić information content (AvgIpc) is 2.85. The molecule has 1 aromatic rings. The van der Waals surface area contributed by atoms with Crippen molar-refractivity contribution in [2.45, 2.75) is 57.4 Å². The number of nitrogens with zero attached hydrogens (tertiary/aromatic N) is 4. The van der Waals surface area contributed by atoms with Gasteiger partial charge >= 0.3 is 6.03 Å². The highest BCUT2D eigenvalue weighted by Crippen LogP contribution is 2.26. The first-order valence-electron chi connectivity index (χ1n) is 12.4. The van der Waals surface area contributed by atoms with Gasteiger partial charge in [-0.1, -0.05) is 30.9 Å². The molecular formula is C25H37ClN4O2. The maximum Gasteiger partial charge on any atom is 0.320 e. The topological polar surface area (TPSA) is 47.1 Å². The molecule has 1 saturated carbocycles. The number of anilines is 1. The van der Waals surface area contributed by atoms with E-state index in [2.05, 4.69) is 9.80 Å². The van der Waals surface area contributed by atoms with Crippen LogP contribution in [0.15, 0.2) is 24.3 Å². The molecule has 1 unspecified atom stereocenters. The normalized spacial score (nSPS) is 22.7. The van der Waals surface area contributed by atoms with Gasteiger partial charge in [0.2, 0.25) is 6.41 Å². The largest absolute Gasteiger partial charge is 0.368 e. The van der Waals surface area contributed by atoms with Crippen molar-refractivity contribution in [2.75, 3.05) is 50.7 Å². The van der Waals surface area contributed by atoms with Crippen molar-refractivity contribution in [3.8, 4) is 0 Å². The van der Waals surface area contributed by atoms with Gasteiger partial charge in [-0.05, 0) is 62.3 Å². The molecule has 0 radical (unpaired) electrons. The molecule has 0 bridgehead atoms. The molecule has 176 valence electrons. The van der Waals surface area contributed by atoms with Gasteiger partial charge in [0.25, 0.3) is 0 Å². The molecule has 3 fully saturated rings. The Morgan fingerprint density at radius 1 is 0.938 bits per heavy atom. The van der Waals surface area contributed by atoms with Gasteiger partial charge < -0.3 is 19.6 Å². The number of carbonyl (C=O) groups excluding carboxylic acids is 2. The number of hydrogen-bond donors (Lipinski definition) is 0. The van der Waals surface area contributed by atoms with E-state index in [0.29, 0.717) is 12.0 Å². The van der Waals surface area contributed by atoms with Crippen molar-refractivity contribution < 1.29 is 9.59 Å². The Balaban J connectivity index is 1.23. The van der Waals surface area contributed by atoms with Crippen molar-refractivity contribution in [1.82, 2.24) is 14.7 Å². The third-order valence-electron chi connectivity index (χ3n) is 7.51. The molecule has 3 amide bonds. The molecule has 1 aliphatic carbocycles. The molecule has 0 N–H and O–H groups in total. The zero-order chi connectivity index (χ0) is 22.3. The molecule has 4 rings (SSSR count). The maximum absolute atomic E-state index is 13.2. The predicted octanol–water partition coefficient (Wildman–Crippen LogP) is 4.48. The van der Waals surface area contributed by atoms with Gasteiger partial charge in [0.05, 0.1) is 0 Å². The Bertz CT molecular complexity index is 745. The van der Waals surface area contributed by atoms with Crippen LogP contribution in [0.4, 0.5) is 10.5 Å². The highest BCUT2D eigenvalue weighted by atomic mass is 35.5. The minimum absolute atomic E-state index is 0.185. The van der Waals surface area contributed by atoms with Crippen LogP contribution in [0, 0.1) is 5.92 Å². The minimum atomic E-state index is 0.185. The molecule has 7 heteroatoms. The second kappa shape index (κ2) is 11.3. The van der Waals surface area contributed by atoms with Crippen LogP contribution >= 0.6 is 11.6 Å². The average molecular weight is 461 g/mol. The minimum Gasteiger partial charge on any atom is -0.368 e.